The van der Waals surface area contributed by atoms with E-state index >= 15 is 0 Å². The summed E-state index contributed by atoms with van der Waals surface area (Å²) in [5, 5.41) is 0. The number of rotatable bonds is 40. The topological polar surface area (TPSA) is 91.3 Å². The van der Waals surface area contributed by atoms with Crippen LogP contribution in [0.5, 0.6) is 0 Å². The van der Waals surface area contributed by atoms with Gasteiger partial charge in [-0.25, -0.2) is 4.57 Å². The van der Waals surface area contributed by atoms with Crippen LogP contribution in [0.2, 0.25) is 0 Å². The largest absolute Gasteiger partial charge is 0.498 e. The summed E-state index contributed by atoms with van der Waals surface area (Å²) < 4.78 is 34.7. The van der Waals surface area contributed by atoms with Gasteiger partial charge in [-0.3, -0.25) is 13.8 Å². The normalized spacial score (nSPS) is 14.1. The number of carbonyl (C=O) groups is 1. The van der Waals surface area contributed by atoms with Gasteiger partial charge in [0.05, 0.1) is 34.0 Å². The third kappa shape index (κ3) is 41.6. The molecule has 0 heterocycles. The summed E-state index contributed by atoms with van der Waals surface area (Å²) in [7, 11) is 1.63. The molecule has 0 aliphatic heterocycles. The highest BCUT2D eigenvalue weighted by Crippen LogP contribution is 2.43. The molecule has 0 saturated carbocycles. The summed E-state index contributed by atoms with van der Waals surface area (Å²) in [4.78, 5) is 22.8. The van der Waals surface area contributed by atoms with Crippen molar-refractivity contribution in [1.29, 1.82) is 0 Å². The van der Waals surface area contributed by atoms with Crippen LogP contribution in [0, 0.1) is 0 Å². The Morgan fingerprint density at radius 2 is 1.06 bits per heavy atom. The molecular weight excluding hydrogens is 685 g/mol. The molecule has 1 N–H and O–H groups in total. The highest BCUT2D eigenvalue weighted by molar-refractivity contribution is 7.47. The first-order valence-electron chi connectivity index (χ1n) is 21.8. The lowest BCUT2D eigenvalue weighted by molar-refractivity contribution is -0.870. The second-order valence-electron chi connectivity index (χ2n) is 15.8. The maximum Gasteiger partial charge on any atom is 0.472 e. The number of hydrogen-bond donors (Lipinski definition) is 1. The fourth-order valence-corrected chi connectivity index (χ4v) is 6.58. The SMILES string of the molecule is CCCCC/C=C\C/C=C\CCCCCCCC(=O)O[C@H](CO/C=C\CCCCCCCCCCCCCCCC)COP(=O)(O)OCC[N+](C)(C)C. The fraction of sp³-hybridized carbons (Fsp3) is 0.841. The molecule has 0 fully saturated rings. The van der Waals surface area contributed by atoms with Gasteiger partial charge in [0.15, 0.2) is 6.10 Å². The lowest BCUT2D eigenvalue weighted by Gasteiger charge is -2.24. The number of likely N-dealkylation sites (N-methyl/N-ethyl adjacent to an activating group) is 1. The summed E-state index contributed by atoms with van der Waals surface area (Å²) in [6.45, 7) is 4.90. The van der Waals surface area contributed by atoms with Crippen molar-refractivity contribution in [3.8, 4) is 0 Å². The minimum Gasteiger partial charge on any atom is -0.498 e. The van der Waals surface area contributed by atoms with Crippen molar-refractivity contribution in [2.75, 3.05) is 47.5 Å². The van der Waals surface area contributed by atoms with Crippen molar-refractivity contribution in [2.45, 2.75) is 193 Å². The number of carbonyl (C=O) groups excluding carboxylic acids is 1. The molecule has 2 atom stereocenters. The Morgan fingerprint density at radius 3 is 1.58 bits per heavy atom. The molecule has 1 unspecified atom stereocenters. The zero-order valence-electron chi connectivity index (χ0n) is 35.3. The molecule has 0 aliphatic carbocycles. The Hall–Kier alpha value is -1.44. The Balaban J connectivity index is 4.31. The van der Waals surface area contributed by atoms with Crippen molar-refractivity contribution in [2.24, 2.45) is 0 Å². The minimum atomic E-state index is -4.29. The zero-order chi connectivity index (χ0) is 39.1. The van der Waals surface area contributed by atoms with E-state index in [1.54, 1.807) is 6.26 Å². The van der Waals surface area contributed by atoms with Crippen LogP contribution in [0.15, 0.2) is 36.6 Å². The van der Waals surface area contributed by atoms with E-state index in [0.717, 1.165) is 57.8 Å². The van der Waals surface area contributed by atoms with Crippen molar-refractivity contribution in [3.63, 3.8) is 0 Å². The molecule has 9 heteroatoms. The predicted octanol–water partition coefficient (Wildman–Crippen LogP) is 13.0. The Bertz CT molecular complexity index is 947. The summed E-state index contributed by atoms with van der Waals surface area (Å²) >= 11 is 0. The first-order chi connectivity index (χ1) is 25.6. The maximum atomic E-state index is 12.7. The number of nitrogens with zero attached hydrogens (tertiary/aromatic N) is 1. The monoisotopic (exact) mass is 771 g/mol. The molecule has 0 bridgehead atoms. The molecule has 0 aromatic heterocycles. The Kier molecular flexibility index (Phi) is 36.5. The Morgan fingerprint density at radius 1 is 0.604 bits per heavy atom. The molecule has 0 aromatic carbocycles. The second-order valence-corrected chi connectivity index (χ2v) is 17.2. The highest BCUT2D eigenvalue weighted by Gasteiger charge is 2.26. The number of ether oxygens (including phenoxy) is 2. The zero-order valence-corrected chi connectivity index (χ0v) is 36.1. The minimum absolute atomic E-state index is 0.0437. The van der Waals surface area contributed by atoms with Gasteiger partial charge >= 0.3 is 13.8 Å². The van der Waals surface area contributed by atoms with E-state index in [9.17, 15) is 14.3 Å². The molecule has 8 nitrogen and oxygen atoms in total. The lowest BCUT2D eigenvalue weighted by Crippen LogP contribution is -2.37. The number of unbranched alkanes of at least 4 members (excludes halogenated alkanes) is 22. The predicted molar refractivity (Wildman–Crippen MR) is 224 cm³/mol. The third-order valence-electron chi connectivity index (χ3n) is 9.27. The number of quaternary nitrogens is 1. The van der Waals surface area contributed by atoms with Crippen molar-refractivity contribution in [1.82, 2.24) is 0 Å². The van der Waals surface area contributed by atoms with E-state index in [1.165, 1.54) is 109 Å². The average molecular weight is 771 g/mol. The van der Waals surface area contributed by atoms with E-state index in [-0.39, 0.29) is 25.8 Å². The molecule has 312 valence electrons. The number of hydrogen-bond acceptors (Lipinski definition) is 6. The molecule has 0 aromatic rings. The summed E-state index contributed by atoms with van der Waals surface area (Å²) in [6, 6.07) is 0. The van der Waals surface area contributed by atoms with Crippen molar-refractivity contribution in [3.05, 3.63) is 36.6 Å². The van der Waals surface area contributed by atoms with Crippen LogP contribution in [0.1, 0.15) is 187 Å². The lowest BCUT2D eigenvalue weighted by atomic mass is 10.0. The smallest absolute Gasteiger partial charge is 0.472 e. The van der Waals surface area contributed by atoms with Gasteiger partial charge in [-0.05, 0) is 57.4 Å². The maximum absolute atomic E-state index is 12.7. The average Bonchev–Trinajstić information content (AvgIpc) is 3.11. The third-order valence-corrected chi connectivity index (χ3v) is 10.3. The Labute approximate surface area is 327 Å². The molecule has 0 amide bonds. The summed E-state index contributed by atoms with van der Waals surface area (Å²) in [5.41, 5.74) is 0. The van der Waals surface area contributed by atoms with Gasteiger partial charge in [0.1, 0.15) is 19.8 Å². The fourth-order valence-electron chi connectivity index (χ4n) is 5.84. The van der Waals surface area contributed by atoms with Gasteiger partial charge in [-0.2, -0.15) is 0 Å². The first kappa shape index (κ1) is 51.6. The summed E-state index contributed by atoms with van der Waals surface area (Å²) in [6.07, 6.45) is 44.1. The number of phosphoric ester groups is 1. The molecule has 0 aliphatic rings. The van der Waals surface area contributed by atoms with Crippen LogP contribution in [-0.4, -0.2) is 69.0 Å². The molecular formula is C44H85NO7P+. The second kappa shape index (κ2) is 37.5. The van der Waals surface area contributed by atoms with Crippen LogP contribution in [-0.2, 0) is 27.9 Å². The van der Waals surface area contributed by atoms with Crippen LogP contribution in [0.3, 0.4) is 0 Å². The van der Waals surface area contributed by atoms with Gasteiger partial charge < -0.3 is 18.9 Å². The first-order valence-corrected chi connectivity index (χ1v) is 23.3. The van der Waals surface area contributed by atoms with E-state index in [1.807, 2.05) is 27.2 Å². The molecule has 0 rings (SSSR count). The van der Waals surface area contributed by atoms with E-state index in [4.69, 9.17) is 18.5 Å². The number of allylic oxidation sites excluding steroid dienone is 5. The summed E-state index contributed by atoms with van der Waals surface area (Å²) in [5.74, 6) is -0.349. The van der Waals surface area contributed by atoms with Gasteiger partial charge in [-0.15, -0.1) is 0 Å². The standard InChI is InChI=1S/C44H84NO7P/c1-6-8-10-12-14-16-18-20-22-24-26-28-30-32-34-36-39-49-41-43(42-51-53(47,48)50-40-38-45(3,4)5)52-44(46)37-35-33-31-29-27-25-23-21-19-17-15-13-11-9-7-2/h15,17,21,23,36,39,43H,6-14,16,18-20,22,24-35,37-38,40-42H2,1-5H3/p+1/b17-15-,23-21-,39-36-/t43-/m1/s1. The molecule has 0 radical (unpaired) electrons. The van der Waals surface area contributed by atoms with Gasteiger partial charge in [-0.1, -0.05) is 154 Å². The highest BCUT2D eigenvalue weighted by atomic mass is 31.2. The quantitative estimate of drug-likeness (QED) is 0.0166. The van der Waals surface area contributed by atoms with Gasteiger partial charge in [0.2, 0.25) is 0 Å². The van der Waals surface area contributed by atoms with Crippen molar-refractivity contribution >= 4 is 13.8 Å². The van der Waals surface area contributed by atoms with Crippen LogP contribution < -0.4 is 0 Å². The molecule has 0 spiro atoms. The number of phosphoric acid groups is 1. The molecule has 53 heavy (non-hydrogen) atoms. The van der Waals surface area contributed by atoms with Crippen LogP contribution in [0.4, 0.5) is 0 Å². The van der Waals surface area contributed by atoms with Crippen molar-refractivity contribution < 1.29 is 37.3 Å². The van der Waals surface area contributed by atoms with Crippen LogP contribution >= 0.6 is 7.82 Å². The van der Waals surface area contributed by atoms with E-state index in [2.05, 4.69) is 38.2 Å². The van der Waals surface area contributed by atoms with Gasteiger partial charge in [0, 0.05) is 6.42 Å². The van der Waals surface area contributed by atoms with E-state index in [0.29, 0.717) is 17.4 Å². The van der Waals surface area contributed by atoms with Gasteiger partial charge in [0.25, 0.3) is 0 Å². The number of esters is 1. The van der Waals surface area contributed by atoms with Crippen LogP contribution in [0.25, 0.3) is 0 Å². The molecule has 0 saturated heterocycles. The van der Waals surface area contributed by atoms with E-state index < -0.39 is 13.9 Å².